The minimum absolute atomic E-state index is 0.667. The van der Waals surface area contributed by atoms with Crippen LogP contribution in [0.3, 0.4) is 0 Å². The van der Waals surface area contributed by atoms with Crippen molar-refractivity contribution >= 4 is 0 Å². The third-order valence-electron chi connectivity index (χ3n) is 3.98. The van der Waals surface area contributed by atoms with Gasteiger partial charge in [-0.05, 0) is 0 Å². The molecule has 2 saturated heterocycles. The number of ether oxygens (including phenoxy) is 4. The number of hydrogen-bond donors (Lipinski definition) is 8. The Morgan fingerprint density at radius 2 is 1.23 bits per heavy atom. The van der Waals surface area contributed by atoms with Crippen molar-refractivity contribution in [2.45, 2.75) is 61.4 Å². The molecule has 0 unspecified atom stereocenters. The molecule has 0 aromatic rings. The van der Waals surface area contributed by atoms with Gasteiger partial charge in [0.1, 0.15) is 48.8 Å². The lowest BCUT2D eigenvalue weighted by Crippen LogP contribution is -2.64. The van der Waals surface area contributed by atoms with E-state index in [4.69, 9.17) is 19.3 Å². The molecule has 8 N–H and O–H groups in total. The average molecular weight is 388 g/mol. The molecule has 2 aliphatic rings. The molecule has 0 spiro atoms. The smallest absolute Gasteiger partial charge is 0.187 e. The van der Waals surface area contributed by atoms with Gasteiger partial charge in [-0.3, -0.25) is 0 Å². The molecule has 12 nitrogen and oxygen atoms in total. The van der Waals surface area contributed by atoms with Gasteiger partial charge in [-0.2, -0.15) is 0 Å². The van der Waals surface area contributed by atoms with Crippen molar-refractivity contribution in [3.63, 3.8) is 0 Å². The fraction of sp³-hybridized carbons (Fsp3) is 1.00. The van der Waals surface area contributed by atoms with Gasteiger partial charge in [0, 0.05) is 14.2 Å². The van der Waals surface area contributed by atoms with Crippen LogP contribution < -0.4 is 0 Å². The Bertz CT molecular complexity index is 394. The second-order valence-corrected chi connectivity index (χ2v) is 5.94. The van der Waals surface area contributed by atoms with Gasteiger partial charge in [-0.15, -0.1) is 0 Å². The SMILES string of the molecule is COC.OC[C@H]1O[C@@H](O[C@H]2[C@H](O)[C@@H](O)[C@H](O)O[C@@H]2CO)[C@H](O)[C@@H](O)[C@@H]1O. The van der Waals surface area contributed by atoms with Crippen molar-refractivity contribution < 1.29 is 59.8 Å². The maximum absolute atomic E-state index is 9.94. The maximum atomic E-state index is 9.94. The zero-order valence-electron chi connectivity index (χ0n) is 14.4. The lowest BCUT2D eigenvalue weighted by atomic mass is 9.97. The van der Waals surface area contributed by atoms with E-state index < -0.39 is 74.6 Å². The lowest BCUT2D eigenvalue weighted by molar-refractivity contribution is -0.355. The molecule has 0 radical (unpaired) electrons. The predicted molar refractivity (Wildman–Crippen MR) is 81.6 cm³/mol. The highest BCUT2D eigenvalue weighted by Crippen LogP contribution is 2.28. The summed E-state index contributed by atoms with van der Waals surface area (Å²) in [5.74, 6) is 0. The zero-order valence-corrected chi connectivity index (χ0v) is 14.4. The van der Waals surface area contributed by atoms with Gasteiger partial charge in [-0.25, -0.2) is 0 Å². The molecule has 12 heteroatoms. The van der Waals surface area contributed by atoms with Crippen LogP contribution >= 0.6 is 0 Å². The first-order chi connectivity index (χ1) is 12.2. The van der Waals surface area contributed by atoms with E-state index in [2.05, 4.69) is 4.74 Å². The highest BCUT2D eigenvalue weighted by atomic mass is 16.7. The molecule has 2 rings (SSSR count). The number of aliphatic hydroxyl groups excluding tert-OH is 8. The quantitative estimate of drug-likeness (QED) is 0.228. The first kappa shape index (κ1) is 23.6. The summed E-state index contributed by atoms with van der Waals surface area (Å²) in [6.07, 6.45) is -15.6. The summed E-state index contributed by atoms with van der Waals surface area (Å²) in [4.78, 5) is 0. The molecule has 0 bridgehead atoms. The van der Waals surface area contributed by atoms with Crippen LogP contribution in [0, 0.1) is 0 Å². The van der Waals surface area contributed by atoms with E-state index >= 15 is 0 Å². The second kappa shape index (κ2) is 10.8. The largest absolute Gasteiger partial charge is 0.394 e. The Morgan fingerprint density at radius 1 is 0.692 bits per heavy atom. The summed E-state index contributed by atoms with van der Waals surface area (Å²) in [5.41, 5.74) is 0. The molecule has 2 heterocycles. The summed E-state index contributed by atoms with van der Waals surface area (Å²) in [5, 5.41) is 76.5. The van der Waals surface area contributed by atoms with E-state index in [0.717, 1.165) is 0 Å². The molecule has 156 valence electrons. The van der Waals surface area contributed by atoms with Gasteiger partial charge < -0.3 is 59.8 Å². The second-order valence-electron chi connectivity index (χ2n) is 5.94. The Hall–Kier alpha value is -0.480. The molecule has 0 aromatic heterocycles. The third kappa shape index (κ3) is 5.28. The lowest BCUT2D eigenvalue weighted by Gasteiger charge is -2.45. The molecule has 0 aromatic carbocycles. The van der Waals surface area contributed by atoms with Gasteiger partial charge in [0.2, 0.25) is 0 Å². The zero-order chi connectivity index (χ0) is 20.0. The molecule has 26 heavy (non-hydrogen) atoms. The van der Waals surface area contributed by atoms with Crippen molar-refractivity contribution in [3.05, 3.63) is 0 Å². The topological polar surface area (TPSA) is 199 Å². The molecular formula is C14H28O12. The van der Waals surface area contributed by atoms with Crippen molar-refractivity contribution in [1.29, 1.82) is 0 Å². The van der Waals surface area contributed by atoms with E-state index in [1.807, 2.05) is 0 Å². The summed E-state index contributed by atoms with van der Waals surface area (Å²) >= 11 is 0. The first-order valence-electron chi connectivity index (χ1n) is 7.90. The van der Waals surface area contributed by atoms with Gasteiger partial charge in [0.15, 0.2) is 12.6 Å². The van der Waals surface area contributed by atoms with Crippen LogP contribution in [0.1, 0.15) is 0 Å². The Kier molecular flexibility index (Phi) is 9.74. The summed E-state index contributed by atoms with van der Waals surface area (Å²) < 4.78 is 19.5. The van der Waals surface area contributed by atoms with Crippen molar-refractivity contribution in [3.8, 4) is 0 Å². The van der Waals surface area contributed by atoms with Crippen LogP contribution in [0.2, 0.25) is 0 Å². The van der Waals surface area contributed by atoms with E-state index in [-0.39, 0.29) is 0 Å². The molecule has 0 amide bonds. The minimum Gasteiger partial charge on any atom is -0.394 e. The van der Waals surface area contributed by atoms with Crippen molar-refractivity contribution in [1.82, 2.24) is 0 Å². The fourth-order valence-corrected chi connectivity index (χ4v) is 2.57. The number of rotatable bonds is 4. The monoisotopic (exact) mass is 388 g/mol. The molecule has 2 fully saturated rings. The third-order valence-corrected chi connectivity index (χ3v) is 3.98. The normalized spacial score (nSPS) is 46.4. The van der Waals surface area contributed by atoms with E-state index in [1.165, 1.54) is 0 Å². The molecule has 10 atom stereocenters. The minimum atomic E-state index is -1.74. The summed E-state index contributed by atoms with van der Waals surface area (Å²) in [6.45, 7) is -1.35. The first-order valence-corrected chi connectivity index (χ1v) is 7.90. The number of hydrogen-bond acceptors (Lipinski definition) is 12. The highest BCUT2D eigenvalue weighted by Gasteiger charge is 2.50. The Morgan fingerprint density at radius 3 is 1.73 bits per heavy atom. The standard InChI is InChI=1S/C12H22O11.C2H6O/c13-1-3-5(15)6(16)9(19)12(22-3)23-10-4(2-14)21-11(20)8(18)7(10)17;1-3-2/h3-20H,1-2H2;1-2H3/t3-,4-,5-,6+,7-,8-,9-,10-,11-,12+;/m1./s1. The van der Waals surface area contributed by atoms with E-state index in [9.17, 15) is 35.7 Å². The molecule has 0 aliphatic carbocycles. The molecule has 0 saturated carbocycles. The Labute approximate surface area is 149 Å². The number of aliphatic hydroxyl groups is 8. The van der Waals surface area contributed by atoms with Crippen LogP contribution in [-0.2, 0) is 18.9 Å². The van der Waals surface area contributed by atoms with Crippen LogP contribution in [0.4, 0.5) is 0 Å². The van der Waals surface area contributed by atoms with Gasteiger partial charge >= 0.3 is 0 Å². The van der Waals surface area contributed by atoms with Crippen LogP contribution in [0.5, 0.6) is 0 Å². The summed E-state index contributed by atoms with van der Waals surface area (Å²) in [7, 11) is 3.25. The van der Waals surface area contributed by atoms with E-state index in [0.29, 0.717) is 0 Å². The molecule has 2 aliphatic heterocycles. The van der Waals surface area contributed by atoms with Crippen LogP contribution in [-0.4, -0.2) is 130 Å². The van der Waals surface area contributed by atoms with Crippen LogP contribution in [0.25, 0.3) is 0 Å². The average Bonchev–Trinajstić information content (AvgIpc) is 2.62. The maximum Gasteiger partial charge on any atom is 0.187 e. The van der Waals surface area contributed by atoms with Gasteiger partial charge in [0.25, 0.3) is 0 Å². The van der Waals surface area contributed by atoms with E-state index in [1.54, 1.807) is 14.2 Å². The molecular weight excluding hydrogens is 360 g/mol. The van der Waals surface area contributed by atoms with Crippen LogP contribution in [0.15, 0.2) is 0 Å². The van der Waals surface area contributed by atoms with Crippen molar-refractivity contribution in [2.24, 2.45) is 0 Å². The Balaban J connectivity index is 0.00000105. The highest BCUT2D eigenvalue weighted by molar-refractivity contribution is 4.93. The van der Waals surface area contributed by atoms with Gasteiger partial charge in [0.05, 0.1) is 13.2 Å². The predicted octanol–water partition coefficient (Wildman–Crippen LogP) is -5.13. The van der Waals surface area contributed by atoms with Crippen molar-refractivity contribution in [2.75, 3.05) is 27.4 Å². The summed E-state index contributed by atoms with van der Waals surface area (Å²) in [6, 6.07) is 0. The van der Waals surface area contributed by atoms with Gasteiger partial charge in [-0.1, -0.05) is 0 Å². The fourth-order valence-electron chi connectivity index (χ4n) is 2.57. The number of methoxy groups -OCH3 is 1.